The highest BCUT2D eigenvalue weighted by Gasteiger charge is 2.12. The van der Waals surface area contributed by atoms with Gasteiger partial charge < -0.3 is 20.3 Å². The molecule has 0 atom stereocenters. The van der Waals surface area contributed by atoms with E-state index in [9.17, 15) is 4.79 Å². The van der Waals surface area contributed by atoms with Crippen LogP contribution in [-0.4, -0.2) is 37.1 Å². The summed E-state index contributed by atoms with van der Waals surface area (Å²) in [5.41, 5.74) is 3.83. The standard InChI is InChI=1S/C21H23N5O2/c1-14-13-19(23-15-9-11-16(12-10-15)26(2)3)25-21(22-14)24-18-8-6-5-7-17(18)20(27)28-4/h5-13H,1-4H3,(H2,22,23,24,25). The maximum absolute atomic E-state index is 12.0. The van der Waals surface area contributed by atoms with Gasteiger partial charge in [0.2, 0.25) is 5.95 Å². The summed E-state index contributed by atoms with van der Waals surface area (Å²) in [7, 11) is 5.35. The minimum atomic E-state index is -0.421. The number of hydrogen-bond acceptors (Lipinski definition) is 7. The number of anilines is 5. The Morgan fingerprint density at radius 2 is 1.71 bits per heavy atom. The quantitative estimate of drug-likeness (QED) is 0.625. The van der Waals surface area contributed by atoms with Gasteiger partial charge in [-0.15, -0.1) is 0 Å². The molecule has 0 aliphatic rings. The van der Waals surface area contributed by atoms with E-state index in [2.05, 4.69) is 20.6 Å². The van der Waals surface area contributed by atoms with Crippen molar-refractivity contribution in [1.29, 1.82) is 0 Å². The van der Waals surface area contributed by atoms with Crippen molar-refractivity contribution >= 4 is 34.8 Å². The normalized spacial score (nSPS) is 10.3. The second-order valence-corrected chi connectivity index (χ2v) is 6.45. The van der Waals surface area contributed by atoms with Crippen molar-refractivity contribution in [2.75, 3.05) is 36.7 Å². The van der Waals surface area contributed by atoms with Gasteiger partial charge in [0.25, 0.3) is 0 Å². The van der Waals surface area contributed by atoms with E-state index in [1.54, 1.807) is 18.2 Å². The fourth-order valence-corrected chi connectivity index (χ4v) is 2.68. The minimum Gasteiger partial charge on any atom is -0.465 e. The van der Waals surface area contributed by atoms with Gasteiger partial charge in [0, 0.05) is 37.2 Å². The van der Waals surface area contributed by atoms with E-state index in [4.69, 9.17) is 4.74 Å². The van der Waals surface area contributed by atoms with Gasteiger partial charge >= 0.3 is 5.97 Å². The number of benzene rings is 2. The molecule has 2 aromatic carbocycles. The van der Waals surface area contributed by atoms with Crippen LogP contribution in [0.5, 0.6) is 0 Å². The molecule has 0 radical (unpaired) electrons. The highest BCUT2D eigenvalue weighted by Crippen LogP contribution is 2.23. The molecule has 0 bridgehead atoms. The lowest BCUT2D eigenvalue weighted by atomic mass is 10.2. The van der Waals surface area contributed by atoms with Crippen LogP contribution in [0.1, 0.15) is 16.1 Å². The van der Waals surface area contributed by atoms with Gasteiger partial charge in [-0.2, -0.15) is 4.98 Å². The molecule has 0 saturated heterocycles. The van der Waals surface area contributed by atoms with E-state index < -0.39 is 5.97 Å². The first-order chi connectivity index (χ1) is 13.5. The van der Waals surface area contributed by atoms with Crippen LogP contribution in [0.2, 0.25) is 0 Å². The Morgan fingerprint density at radius 3 is 2.39 bits per heavy atom. The summed E-state index contributed by atoms with van der Waals surface area (Å²) >= 11 is 0. The molecule has 0 spiro atoms. The van der Waals surface area contributed by atoms with Gasteiger partial charge in [0.15, 0.2) is 0 Å². The van der Waals surface area contributed by atoms with E-state index >= 15 is 0 Å². The summed E-state index contributed by atoms with van der Waals surface area (Å²) in [4.78, 5) is 22.9. The number of para-hydroxylation sites is 1. The number of nitrogens with one attached hydrogen (secondary N) is 2. The summed E-state index contributed by atoms with van der Waals surface area (Å²) in [6.45, 7) is 1.89. The summed E-state index contributed by atoms with van der Waals surface area (Å²) in [6, 6.07) is 17.0. The van der Waals surface area contributed by atoms with Crippen LogP contribution >= 0.6 is 0 Å². The fourth-order valence-electron chi connectivity index (χ4n) is 2.68. The second-order valence-electron chi connectivity index (χ2n) is 6.45. The van der Waals surface area contributed by atoms with Gasteiger partial charge in [0.1, 0.15) is 5.82 Å². The number of rotatable bonds is 6. The number of methoxy groups -OCH3 is 1. The van der Waals surface area contributed by atoms with E-state index in [-0.39, 0.29) is 0 Å². The number of carbonyl (C=O) groups excluding carboxylic acids is 1. The maximum atomic E-state index is 12.0. The molecule has 28 heavy (non-hydrogen) atoms. The smallest absolute Gasteiger partial charge is 0.339 e. The van der Waals surface area contributed by atoms with Gasteiger partial charge in [-0.3, -0.25) is 0 Å². The minimum absolute atomic E-state index is 0.392. The molecule has 144 valence electrons. The van der Waals surface area contributed by atoms with Crippen molar-refractivity contribution in [3.63, 3.8) is 0 Å². The first-order valence-electron chi connectivity index (χ1n) is 8.81. The average Bonchev–Trinajstić information content (AvgIpc) is 2.68. The van der Waals surface area contributed by atoms with E-state index in [0.29, 0.717) is 23.0 Å². The molecule has 7 heteroatoms. The molecule has 0 amide bonds. The first-order valence-corrected chi connectivity index (χ1v) is 8.81. The Kier molecular flexibility index (Phi) is 5.74. The van der Waals surface area contributed by atoms with Gasteiger partial charge in [-0.1, -0.05) is 12.1 Å². The van der Waals surface area contributed by atoms with Crippen LogP contribution in [0, 0.1) is 6.92 Å². The van der Waals surface area contributed by atoms with Gasteiger partial charge in [-0.25, -0.2) is 9.78 Å². The molecular weight excluding hydrogens is 354 g/mol. The van der Waals surface area contributed by atoms with Crippen LogP contribution in [-0.2, 0) is 4.74 Å². The predicted molar refractivity (Wildman–Crippen MR) is 112 cm³/mol. The molecule has 0 saturated carbocycles. The lowest BCUT2D eigenvalue weighted by Gasteiger charge is -2.14. The molecule has 0 fully saturated rings. The van der Waals surface area contributed by atoms with Crippen LogP contribution in [0.4, 0.5) is 28.8 Å². The molecule has 0 aliphatic carbocycles. The second kappa shape index (κ2) is 8.39. The third-order valence-corrected chi connectivity index (χ3v) is 4.09. The van der Waals surface area contributed by atoms with Crippen LogP contribution in [0.3, 0.4) is 0 Å². The Hall–Kier alpha value is -3.61. The zero-order chi connectivity index (χ0) is 20.1. The Labute approximate surface area is 164 Å². The Morgan fingerprint density at radius 1 is 1.00 bits per heavy atom. The van der Waals surface area contributed by atoms with Crippen molar-refractivity contribution in [3.8, 4) is 0 Å². The molecule has 1 heterocycles. The fraction of sp³-hybridized carbons (Fsp3) is 0.190. The largest absolute Gasteiger partial charge is 0.465 e. The summed E-state index contributed by atoms with van der Waals surface area (Å²) in [5, 5.41) is 6.39. The Bertz CT molecular complexity index is 971. The average molecular weight is 377 g/mol. The van der Waals surface area contributed by atoms with E-state index in [1.807, 2.05) is 62.3 Å². The number of hydrogen-bond donors (Lipinski definition) is 2. The molecule has 1 aromatic heterocycles. The summed E-state index contributed by atoms with van der Waals surface area (Å²) in [6.07, 6.45) is 0. The summed E-state index contributed by atoms with van der Waals surface area (Å²) < 4.78 is 4.83. The molecule has 7 nitrogen and oxygen atoms in total. The number of aryl methyl sites for hydroxylation is 1. The maximum Gasteiger partial charge on any atom is 0.339 e. The van der Waals surface area contributed by atoms with Gasteiger partial charge in [0.05, 0.1) is 18.4 Å². The van der Waals surface area contributed by atoms with Crippen molar-refractivity contribution in [1.82, 2.24) is 9.97 Å². The molecule has 0 unspecified atom stereocenters. The van der Waals surface area contributed by atoms with Gasteiger partial charge in [-0.05, 0) is 43.3 Å². The lowest BCUT2D eigenvalue weighted by molar-refractivity contribution is 0.0602. The number of esters is 1. The van der Waals surface area contributed by atoms with Crippen molar-refractivity contribution in [2.24, 2.45) is 0 Å². The van der Waals surface area contributed by atoms with Crippen LogP contribution in [0.15, 0.2) is 54.6 Å². The third kappa shape index (κ3) is 4.56. The zero-order valence-electron chi connectivity index (χ0n) is 16.4. The topological polar surface area (TPSA) is 79.4 Å². The molecule has 2 N–H and O–H groups in total. The van der Waals surface area contributed by atoms with E-state index in [1.165, 1.54) is 7.11 Å². The van der Waals surface area contributed by atoms with Crippen molar-refractivity contribution in [2.45, 2.75) is 6.92 Å². The summed E-state index contributed by atoms with van der Waals surface area (Å²) in [5.74, 6) is 0.627. The highest BCUT2D eigenvalue weighted by atomic mass is 16.5. The molecule has 0 aliphatic heterocycles. The number of carbonyl (C=O) groups is 1. The highest BCUT2D eigenvalue weighted by molar-refractivity contribution is 5.96. The number of aromatic nitrogens is 2. The van der Waals surface area contributed by atoms with Crippen molar-refractivity contribution < 1.29 is 9.53 Å². The number of ether oxygens (including phenoxy) is 1. The van der Waals surface area contributed by atoms with Crippen LogP contribution in [0.25, 0.3) is 0 Å². The molecule has 3 rings (SSSR count). The third-order valence-electron chi connectivity index (χ3n) is 4.09. The first kappa shape index (κ1) is 19.2. The number of nitrogens with zero attached hydrogens (tertiary/aromatic N) is 3. The van der Waals surface area contributed by atoms with Crippen LogP contribution < -0.4 is 15.5 Å². The SMILES string of the molecule is COC(=O)c1ccccc1Nc1nc(C)cc(Nc2ccc(N(C)C)cc2)n1. The lowest BCUT2D eigenvalue weighted by Crippen LogP contribution is -2.08. The monoisotopic (exact) mass is 377 g/mol. The molecule has 3 aromatic rings. The zero-order valence-corrected chi connectivity index (χ0v) is 16.4. The van der Waals surface area contributed by atoms with E-state index in [0.717, 1.165) is 17.1 Å². The molecular formula is C21H23N5O2. The Balaban J connectivity index is 1.83. The van der Waals surface area contributed by atoms with Crippen molar-refractivity contribution in [3.05, 3.63) is 65.9 Å². The predicted octanol–water partition coefficient (Wildman–Crippen LogP) is 4.12.